The van der Waals surface area contributed by atoms with Crippen LogP contribution >= 0.6 is 0 Å². The number of methoxy groups -OCH3 is 1. The summed E-state index contributed by atoms with van der Waals surface area (Å²) in [7, 11) is 1.58. The molecule has 1 saturated heterocycles. The molecule has 8 nitrogen and oxygen atoms in total. The molecule has 0 aliphatic carbocycles. The van der Waals surface area contributed by atoms with Gasteiger partial charge in [-0.25, -0.2) is 4.79 Å². The summed E-state index contributed by atoms with van der Waals surface area (Å²) in [5, 5.41) is 13.3. The maximum atomic E-state index is 11.2. The summed E-state index contributed by atoms with van der Waals surface area (Å²) >= 11 is 0. The average Bonchev–Trinajstić information content (AvgIpc) is 2.70. The number of aliphatic carboxylic acids is 1. The second kappa shape index (κ2) is 11.1. The Bertz CT molecular complexity index is 676. The fraction of sp³-hybridized carbons (Fsp3) is 0.619. The number of benzene rings is 1. The predicted octanol–water partition coefficient (Wildman–Crippen LogP) is 3.43. The highest BCUT2D eigenvalue weighted by Gasteiger charge is 2.43. The minimum Gasteiger partial charge on any atom is -0.477 e. The van der Waals surface area contributed by atoms with E-state index < -0.39 is 11.8 Å². The molecule has 1 aromatic carbocycles. The maximum absolute atomic E-state index is 11.2. The summed E-state index contributed by atoms with van der Waals surface area (Å²) in [4.78, 5) is 16.6. The summed E-state index contributed by atoms with van der Waals surface area (Å²) in [6.07, 6.45) is 2.49. The quantitative estimate of drug-likeness (QED) is 0.259. The van der Waals surface area contributed by atoms with E-state index in [9.17, 15) is 4.79 Å². The van der Waals surface area contributed by atoms with E-state index in [-0.39, 0.29) is 18.8 Å². The van der Waals surface area contributed by atoms with Gasteiger partial charge in [-0.2, -0.15) is 0 Å². The molecular formula is C21H31NO7. The Morgan fingerprint density at radius 2 is 2.03 bits per heavy atom. The van der Waals surface area contributed by atoms with Crippen LogP contribution in [0, 0.1) is 5.92 Å². The van der Waals surface area contributed by atoms with E-state index in [0.717, 1.165) is 36.3 Å². The summed E-state index contributed by atoms with van der Waals surface area (Å²) < 4.78 is 21.2. The van der Waals surface area contributed by atoms with Crippen LogP contribution in [0.5, 0.6) is 5.75 Å². The number of hydrogen-bond donors (Lipinski definition) is 1. The predicted molar refractivity (Wildman–Crippen MR) is 107 cm³/mol. The second-order valence-corrected chi connectivity index (χ2v) is 7.23. The van der Waals surface area contributed by atoms with Gasteiger partial charge in [-0.3, -0.25) is 0 Å². The molecule has 0 bridgehead atoms. The minimum atomic E-state index is -1.54. The van der Waals surface area contributed by atoms with Crippen LogP contribution in [0.1, 0.15) is 45.6 Å². The highest BCUT2D eigenvalue weighted by atomic mass is 16.7. The molecule has 0 amide bonds. The van der Waals surface area contributed by atoms with Gasteiger partial charge >= 0.3 is 5.97 Å². The lowest BCUT2D eigenvalue weighted by molar-refractivity contribution is -0.292. The average molecular weight is 409 g/mol. The van der Waals surface area contributed by atoms with Crippen molar-refractivity contribution in [2.75, 3.05) is 27.1 Å². The zero-order valence-electron chi connectivity index (χ0n) is 17.6. The smallest absolute Gasteiger partial charge is 0.364 e. The van der Waals surface area contributed by atoms with E-state index in [1.165, 1.54) is 6.92 Å². The van der Waals surface area contributed by atoms with E-state index >= 15 is 0 Å². The number of nitrogens with zero attached hydrogens (tertiary/aromatic N) is 1. The first-order chi connectivity index (χ1) is 13.9. The highest BCUT2D eigenvalue weighted by molar-refractivity contribution is 5.98. The van der Waals surface area contributed by atoms with Crippen LogP contribution in [0.15, 0.2) is 29.4 Å². The van der Waals surface area contributed by atoms with Gasteiger partial charge in [0.1, 0.15) is 12.4 Å². The van der Waals surface area contributed by atoms with Gasteiger partial charge in [0.15, 0.2) is 6.79 Å². The molecule has 1 aromatic rings. The van der Waals surface area contributed by atoms with Crippen LogP contribution < -0.4 is 4.74 Å². The molecule has 3 unspecified atom stereocenters. The molecule has 0 aromatic heterocycles. The normalized spacial score (nSPS) is 24.9. The number of carboxylic acids is 1. The Labute approximate surface area is 171 Å². The number of unbranched alkanes of at least 4 members (excludes halogenated alkanes) is 1. The molecular weight excluding hydrogens is 378 g/mol. The standard InChI is InChI=1S/C21H31NO7/c1-15(17-8-10-19(11-9-17)26-14-25-4)22-28-12-6-5-7-18-13-27-21(3,20(23)24)29-16(18)2/h8-11,16,18H,5-7,12-14H2,1-4H3,(H,23,24). The minimum absolute atomic E-state index is 0.165. The lowest BCUT2D eigenvalue weighted by Crippen LogP contribution is -2.51. The molecule has 0 radical (unpaired) electrons. The maximum Gasteiger partial charge on any atom is 0.364 e. The lowest BCUT2D eigenvalue weighted by atomic mass is 9.96. The molecule has 1 heterocycles. The molecule has 0 saturated carbocycles. The molecule has 162 valence electrons. The summed E-state index contributed by atoms with van der Waals surface area (Å²) in [5.41, 5.74) is 1.75. The third kappa shape index (κ3) is 6.99. The lowest BCUT2D eigenvalue weighted by Gasteiger charge is -2.39. The van der Waals surface area contributed by atoms with Crippen molar-refractivity contribution in [2.45, 2.75) is 51.9 Å². The van der Waals surface area contributed by atoms with Gasteiger partial charge in [0.25, 0.3) is 5.79 Å². The monoisotopic (exact) mass is 409 g/mol. The van der Waals surface area contributed by atoms with Gasteiger partial charge in [0.05, 0.1) is 18.4 Å². The number of carboxylic acid groups (broad SMARTS) is 1. The number of oxime groups is 1. The Hall–Kier alpha value is -2.16. The molecule has 1 fully saturated rings. The van der Waals surface area contributed by atoms with Crippen LogP contribution in [0.25, 0.3) is 0 Å². The molecule has 1 aliphatic heterocycles. The third-order valence-corrected chi connectivity index (χ3v) is 4.91. The van der Waals surface area contributed by atoms with Crippen molar-refractivity contribution in [3.05, 3.63) is 29.8 Å². The van der Waals surface area contributed by atoms with Crippen molar-refractivity contribution in [3.63, 3.8) is 0 Å². The van der Waals surface area contributed by atoms with Crippen LogP contribution in [-0.4, -0.2) is 55.8 Å². The number of carbonyl (C=O) groups is 1. The fourth-order valence-electron chi connectivity index (χ4n) is 3.00. The zero-order chi connectivity index (χ0) is 21.3. The van der Waals surface area contributed by atoms with Crippen molar-refractivity contribution in [1.82, 2.24) is 0 Å². The summed E-state index contributed by atoms with van der Waals surface area (Å²) in [6.45, 7) is 6.34. The van der Waals surface area contributed by atoms with Gasteiger partial charge in [-0.15, -0.1) is 0 Å². The van der Waals surface area contributed by atoms with Gasteiger partial charge in [0.2, 0.25) is 0 Å². The second-order valence-electron chi connectivity index (χ2n) is 7.23. The van der Waals surface area contributed by atoms with Crippen molar-refractivity contribution in [1.29, 1.82) is 0 Å². The van der Waals surface area contributed by atoms with Gasteiger partial charge in [-0.1, -0.05) is 5.16 Å². The summed E-state index contributed by atoms with van der Waals surface area (Å²) in [6, 6.07) is 7.56. The largest absolute Gasteiger partial charge is 0.477 e. The molecule has 1 N–H and O–H groups in total. The van der Waals surface area contributed by atoms with Gasteiger partial charge < -0.3 is 28.9 Å². The van der Waals surface area contributed by atoms with Crippen LogP contribution in [-0.2, 0) is 23.8 Å². The van der Waals surface area contributed by atoms with E-state index in [2.05, 4.69) is 5.16 Å². The van der Waals surface area contributed by atoms with E-state index in [4.69, 9.17) is 28.9 Å². The molecule has 8 heteroatoms. The molecule has 1 aliphatic rings. The molecule has 0 spiro atoms. The molecule has 2 rings (SSSR count). The van der Waals surface area contributed by atoms with Crippen molar-refractivity contribution in [3.8, 4) is 5.75 Å². The Kier molecular flexibility index (Phi) is 8.88. The van der Waals surface area contributed by atoms with Crippen molar-refractivity contribution < 1.29 is 33.7 Å². The Morgan fingerprint density at radius 3 is 2.66 bits per heavy atom. The van der Waals surface area contributed by atoms with Crippen LogP contribution in [0.2, 0.25) is 0 Å². The van der Waals surface area contributed by atoms with Gasteiger partial charge in [0, 0.05) is 20.0 Å². The van der Waals surface area contributed by atoms with Crippen LogP contribution in [0.4, 0.5) is 0 Å². The number of ether oxygens (including phenoxy) is 4. The number of rotatable bonds is 11. The van der Waals surface area contributed by atoms with Crippen molar-refractivity contribution >= 4 is 11.7 Å². The topological polar surface area (TPSA) is 95.8 Å². The first-order valence-corrected chi connectivity index (χ1v) is 9.79. The van der Waals surface area contributed by atoms with E-state index in [1.807, 2.05) is 38.1 Å². The van der Waals surface area contributed by atoms with E-state index in [0.29, 0.717) is 13.2 Å². The van der Waals surface area contributed by atoms with Gasteiger partial charge in [-0.05, 0) is 62.9 Å². The Balaban J connectivity index is 1.66. The SMILES string of the molecule is COCOc1ccc(C(C)=NOCCCCC2COC(C)(C(=O)O)OC2C)cc1. The number of hydrogen-bond acceptors (Lipinski definition) is 7. The first kappa shape index (κ1) is 23.1. The van der Waals surface area contributed by atoms with E-state index in [1.54, 1.807) is 7.11 Å². The first-order valence-electron chi connectivity index (χ1n) is 9.79. The zero-order valence-corrected chi connectivity index (χ0v) is 17.6. The highest BCUT2D eigenvalue weighted by Crippen LogP contribution is 2.29. The third-order valence-electron chi connectivity index (χ3n) is 4.91. The Morgan fingerprint density at radius 1 is 1.31 bits per heavy atom. The fourth-order valence-corrected chi connectivity index (χ4v) is 3.00. The van der Waals surface area contributed by atoms with Crippen LogP contribution in [0.3, 0.4) is 0 Å². The van der Waals surface area contributed by atoms with Crippen molar-refractivity contribution in [2.24, 2.45) is 11.1 Å². The molecule has 29 heavy (non-hydrogen) atoms. The summed E-state index contributed by atoms with van der Waals surface area (Å²) in [5.74, 6) is -1.73. The molecule has 3 atom stereocenters.